The van der Waals surface area contributed by atoms with Crippen LogP contribution in [0.4, 0.5) is 0 Å². The maximum atomic E-state index is 7.22. The Bertz CT molecular complexity index is 143. The molecular formula is C8H19N2P. The highest BCUT2D eigenvalue weighted by atomic mass is 31.0. The summed E-state index contributed by atoms with van der Waals surface area (Å²) >= 11 is 0. The Morgan fingerprint density at radius 1 is 1.36 bits per heavy atom. The number of nitrogens with one attached hydrogen (secondary N) is 2. The lowest BCUT2D eigenvalue weighted by Gasteiger charge is -1.95. The zero-order valence-corrected chi connectivity index (χ0v) is 7.72. The van der Waals surface area contributed by atoms with Crippen molar-refractivity contribution >= 4 is 20.7 Å². The largest absolute Gasteiger partial charge is 0.303 e. The van der Waals surface area contributed by atoms with Crippen LogP contribution in [0.3, 0.4) is 0 Å². The molecular weight excluding hydrogens is 155 g/mol. The molecule has 0 bridgehead atoms. The van der Waals surface area contributed by atoms with Gasteiger partial charge in [0.1, 0.15) is 0 Å². The average molecular weight is 174 g/mol. The third-order valence-corrected chi connectivity index (χ3v) is 2.07. The maximum Gasteiger partial charge on any atom is 0.0589 e. The lowest BCUT2D eigenvalue weighted by molar-refractivity contribution is 0.986. The normalized spacial score (nSPS) is 21.9. The topological polar surface area (TPSA) is 47.7 Å². The van der Waals surface area contributed by atoms with E-state index in [9.17, 15) is 0 Å². The molecule has 1 rings (SSSR count). The molecule has 1 aliphatic carbocycles. The number of rotatable bonds is 0. The molecule has 2 unspecified atom stereocenters. The van der Waals surface area contributed by atoms with E-state index < -0.39 is 0 Å². The molecule has 0 saturated heterocycles. The van der Waals surface area contributed by atoms with Gasteiger partial charge in [-0.1, -0.05) is 21.3 Å². The summed E-state index contributed by atoms with van der Waals surface area (Å²) in [5.74, 6) is 0. The van der Waals surface area contributed by atoms with Gasteiger partial charge in [-0.2, -0.15) is 0 Å². The van der Waals surface area contributed by atoms with Gasteiger partial charge in [-0.3, -0.25) is 0 Å². The third kappa shape index (κ3) is 3.62. The first-order chi connectivity index (χ1) is 4.72. The molecule has 1 fully saturated rings. The van der Waals surface area contributed by atoms with Gasteiger partial charge in [-0.25, -0.2) is 0 Å². The average Bonchev–Trinajstić information content (AvgIpc) is 2.25. The first kappa shape index (κ1) is 13.4. The lowest BCUT2D eigenvalue weighted by Crippen LogP contribution is -2.09. The van der Waals surface area contributed by atoms with Gasteiger partial charge < -0.3 is 10.8 Å². The summed E-state index contributed by atoms with van der Waals surface area (Å²) in [5, 5.41) is 14.4. The van der Waals surface area contributed by atoms with E-state index in [2.05, 4.69) is 9.24 Å². The quantitative estimate of drug-likeness (QED) is 0.530. The Kier molecular flexibility index (Phi) is 7.87. The molecule has 1 saturated carbocycles. The van der Waals surface area contributed by atoms with Crippen molar-refractivity contribution in [2.75, 3.05) is 0 Å². The molecule has 1 aliphatic rings. The molecule has 2 atom stereocenters. The van der Waals surface area contributed by atoms with Crippen molar-refractivity contribution in [1.82, 2.24) is 0 Å². The van der Waals surface area contributed by atoms with Gasteiger partial charge in [0.2, 0.25) is 0 Å². The van der Waals surface area contributed by atoms with Gasteiger partial charge in [-0.05, 0) is 12.8 Å². The van der Waals surface area contributed by atoms with Crippen LogP contribution >= 0.6 is 9.24 Å². The van der Waals surface area contributed by atoms with E-state index in [1.165, 1.54) is 0 Å². The van der Waals surface area contributed by atoms with Crippen LogP contribution in [0, 0.1) is 10.8 Å². The third-order valence-electron chi connectivity index (χ3n) is 1.40. The zero-order valence-electron chi connectivity index (χ0n) is 6.57. The van der Waals surface area contributed by atoms with Gasteiger partial charge in [0.25, 0.3) is 0 Å². The molecule has 0 aromatic rings. The second-order valence-electron chi connectivity index (χ2n) is 2.04. The summed E-state index contributed by atoms with van der Waals surface area (Å²) < 4.78 is 0. The zero-order chi connectivity index (χ0) is 8.15. The van der Waals surface area contributed by atoms with Crippen LogP contribution in [0.25, 0.3) is 0 Å². The Hall–Kier alpha value is -0.230. The van der Waals surface area contributed by atoms with Crippen molar-refractivity contribution in [2.24, 2.45) is 0 Å². The van der Waals surface area contributed by atoms with E-state index in [1.807, 2.05) is 13.8 Å². The van der Waals surface area contributed by atoms with Gasteiger partial charge in [-0.15, -0.1) is 9.24 Å². The smallest absolute Gasteiger partial charge is 0.0589 e. The molecule has 0 amide bonds. The second kappa shape index (κ2) is 6.48. The molecule has 0 aliphatic heterocycles. The second-order valence-corrected chi connectivity index (χ2v) is 2.84. The minimum atomic E-state index is 0. The highest BCUT2D eigenvalue weighted by molar-refractivity contribution is 7.20. The SMILES string of the molecule is C.CC.N=C1CCC(P)C1=N. The highest BCUT2D eigenvalue weighted by Gasteiger charge is 2.21. The van der Waals surface area contributed by atoms with Crippen molar-refractivity contribution < 1.29 is 0 Å². The van der Waals surface area contributed by atoms with Crippen molar-refractivity contribution in [1.29, 1.82) is 10.8 Å². The number of hydrogen-bond donors (Lipinski definition) is 2. The summed E-state index contributed by atoms with van der Waals surface area (Å²) in [5.41, 5.74) is 1.29. The van der Waals surface area contributed by atoms with Crippen molar-refractivity contribution in [3.63, 3.8) is 0 Å². The molecule has 2 nitrogen and oxygen atoms in total. The van der Waals surface area contributed by atoms with E-state index in [-0.39, 0.29) is 13.1 Å². The van der Waals surface area contributed by atoms with E-state index in [0.29, 0.717) is 11.4 Å². The minimum Gasteiger partial charge on any atom is -0.303 e. The molecule has 0 spiro atoms. The molecule has 66 valence electrons. The monoisotopic (exact) mass is 174 g/mol. The first-order valence-corrected chi connectivity index (χ1v) is 4.30. The number of hydrogen-bond acceptors (Lipinski definition) is 2. The van der Waals surface area contributed by atoms with Crippen LogP contribution in [0.2, 0.25) is 0 Å². The van der Waals surface area contributed by atoms with Crippen molar-refractivity contribution in [3.8, 4) is 0 Å². The predicted molar refractivity (Wildman–Crippen MR) is 56.3 cm³/mol. The van der Waals surface area contributed by atoms with Crippen LogP contribution < -0.4 is 0 Å². The van der Waals surface area contributed by atoms with Crippen LogP contribution in [0.1, 0.15) is 34.1 Å². The Morgan fingerprint density at radius 3 is 1.91 bits per heavy atom. The standard InChI is InChI=1S/C5H9N2P.C2H6.CH4/c6-3-1-2-4(8)5(3)7;1-2;/h4,6-7H,1-2,8H2;1-2H3;1H4. The molecule has 11 heavy (non-hydrogen) atoms. The summed E-state index contributed by atoms with van der Waals surface area (Å²) in [7, 11) is 2.57. The van der Waals surface area contributed by atoms with E-state index in [4.69, 9.17) is 10.8 Å². The van der Waals surface area contributed by atoms with Crippen LogP contribution in [-0.2, 0) is 0 Å². The maximum absolute atomic E-state index is 7.22. The molecule has 2 N–H and O–H groups in total. The fourth-order valence-corrected chi connectivity index (χ4v) is 1.17. The predicted octanol–water partition coefficient (Wildman–Crippen LogP) is 2.73. The van der Waals surface area contributed by atoms with Crippen LogP contribution in [0.5, 0.6) is 0 Å². The van der Waals surface area contributed by atoms with Crippen molar-refractivity contribution in [2.45, 2.75) is 39.8 Å². The van der Waals surface area contributed by atoms with Gasteiger partial charge in [0.15, 0.2) is 0 Å². The fourth-order valence-electron chi connectivity index (χ4n) is 0.803. The molecule has 3 heteroatoms. The summed E-state index contributed by atoms with van der Waals surface area (Å²) in [6, 6.07) is 0. The van der Waals surface area contributed by atoms with Crippen molar-refractivity contribution in [3.05, 3.63) is 0 Å². The van der Waals surface area contributed by atoms with Crippen LogP contribution in [-0.4, -0.2) is 17.1 Å². The minimum absolute atomic E-state index is 0. The highest BCUT2D eigenvalue weighted by Crippen LogP contribution is 2.18. The van der Waals surface area contributed by atoms with E-state index >= 15 is 0 Å². The molecule has 0 radical (unpaired) electrons. The van der Waals surface area contributed by atoms with Gasteiger partial charge >= 0.3 is 0 Å². The first-order valence-electron chi connectivity index (χ1n) is 3.63. The van der Waals surface area contributed by atoms with Crippen LogP contribution in [0.15, 0.2) is 0 Å². The lowest BCUT2D eigenvalue weighted by atomic mass is 10.3. The van der Waals surface area contributed by atoms with Gasteiger partial charge in [0, 0.05) is 5.66 Å². The Morgan fingerprint density at radius 2 is 1.82 bits per heavy atom. The van der Waals surface area contributed by atoms with E-state index in [0.717, 1.165) is 12.8 Å². The van der Waals surface area contributed by atoms with Gasteiger partial charge in [0.05, 0.1) is 11.4 Å². The summed E-state index contributed by atoms with van der Waals surface area (Å²) in [4.78, 5) is 0. The molecule has 0 heterocycles. The fraction of sp³-hybridized carbons (Fsp3) is 0.750. The van der Waals surface area contributed by atoms with E-state index in [1.54, 1.807) is 0 Å². The molecule has 0 aromatic carbocycles. The Balaban J connectivity index is 0. The molecule has 0 aromatic heterocycles. The Labute approximate surface area is 72.0 Å². The summed E-state index contributed by atoms with van der Waals surface area (Å²) in [6.45, 7) is 4.00. The summed E-state index contributed by atoms with van der Waals surface area (Å²) in [6.07, 6.45) is 1.77.